The molecule has 0 aliphatic rings. The number of ether oxygens (including phenoxy) is 1. The molecule has 3 heteroatoms. The van der Waals surface area contributed by atoms with Gasteiger partial charge >= 0.3 is 5.97 Å². The molecule has 0 aliphatic carbocycles. The molecule has 0 bridgehead atoms. The minimum absolute atomic E-state index is 0.344. The Bertz CT molecular complexity index is 207. The van der Waals surface area contributed by atoms with Crippen molar-refractivity contribution in [1.82, 2.24) is 0 Å². The van der Waals surface area contributed by atoms with Gasteiger partial charge in [-0.2, -0.15) is 0 Å². The summed E-state index contributed by atoms with van der Waals surface area (Å²) in [5.74, 6) is -0.344. The summed E-state index contributed by atoms with van der Waals surface area (Å²) in [7, 11) is 0. The van der Waals surface area contributed by atoms with Crippen LogP contribution < -0.4 is 0 Å². The average molecular weight is 214 g/mol. The molecule has 88 valence electrons. The van der Waals surface area contributed by atoms with Crippen LogP contribution in [-0.4, -0.2) is 23.3 Å². The van der Waals surface area contributed by atoms with Crippen molar-refractivity contribution in [3.8, 4) is 0 Å². The average Bonchev–Trinajstić information content (AvgIpc) is 2.15. The molecule has 0 fully saturated rings. The van der Waals surface area contributed by atoms with Crippen molar-refractivity contribution in [2.24, 2.45) is 0 Å². The third-order valence-corrected chi connectivity index (χ3v) is 2.17. The van der Waals surface area contributed by atoms with Crippen molar-refractivity contribution in [2.75, 3.05) is 6.61 Å². The third-order valence-electron chi connectivity index (χ3n) is 2.17. The molecule has 0 radical (unpaired) electrons. The second-order valence-corrected chi connectivity index (χ2v) is 3.96. The van der Waals surface area contributed by atoms with E-state index in [0.717, 1.165) is 19.3 Å². The molecule has 0 aromatic carbocycles. The zero-order chi connectivity index (χ0) is 11.7. The number of rotatable bonds is 7. The van der Waals surface area contributed by atoms with Crippen LogP contribution in [0, 0.1) is 0 Å². The van der Waals surface area contributed by atoms with Crippen molar-refractivity contribution >= 4 is 5.97 Å². The number of esters is 1. The Morgan fingerprint density at radius 3 is 2.67 bits per heavy atom. The highest BCUT2D eigenvalue weighted by Crippen LogP contribution is 2.18. The van der Waals surface area contributed by atoms with Gasteiger partial charge in [0.2, 0.25) is 0 Å². The summed E-state index contributed by atoms with van der Waals surface area (Å²) >= 11 is 0. The highest BCUT2D eigenvalue weighted by Gasteiger charge is 2.17. The molecule has 3 nitrogen and oxygen atoms in total. The predicted molar refractivity (Wildman–Crippen MR) is 60.5 cm³/mol. The Labute approximate surface area is 92.1 Å². The molecule has 0 aromatic heterocycles. The summed E-state index contributed by atoms with van der Waals surface area (Å²) in [6, 6.07) is 0. The highest BCUT2D eigenvalue weighted by molar-refractivity contribution is 5.81. The molecule has 0 amide bonds. The summed E-state index contributed by atoms with van der Waals surface area (Å²) in [6.45, 7) is 6.03. The second-order valence-electron chi connectivity index (χ2n) is 3.96. The Balaban J connectivity index is 3.85. The van der Waals surface area contributed by atoms with Crippen LogP contribution in [0.4, 0.5) is 0 Å². The SMILES string of the molecule is CCCC[C@](C)(O)C/C=C\C(=O)OCC. The van der Waals surface area contributed by atoms with Gasteiger partial charge in [0.05, 0.1) is 12.2 Å². The van der Waals surface area contributed by atoms with E-state index in [9.17, 15) is 9.90 Å². The summed E-state index contributed by atoms with van der Waals surface area (Å²) < 4.78 is 4.73. The van der Waals surface area contributed by atoms with Crippen LogP contribution in [0.1, 0.15) is 46.5 Å². The summed E-state index contributed by atoms with van der Waals surface area (Å²) in [5.41, 5.74) is -0.709. The molecular formula is C12H22O3. The molecule has 1 N–H and O–H groups in total. The first kappa shape index (κ1) is 14.2. The number of unbranched alkanes of at least 4 members (excludes halogenated alkanes) is 1. The van der Waals surface area contributed by atoms with Crippen molar-refractivity contribution in [2.45, 2.75) is 52.1 Å². The van der Waals surface area contributed by atoms with E-state index in [1.807, 2.05) is 0 Å². The Morgan fingerprint density at radius 2 is 2.13 bits per heavy atom. The first-order valence-corrected chi connectivity index (χ1v) is 5.57. The largest absolute Gasteiger partial charge is 0.463 e. The minimum Gasteiger partial charge on any atom is -0.463 e. The number of carbonyl (C=O) groups is 1. The van der Waals surface area contributed by atoms with E-state index < -0.39 is 5.60 Å². The van der Waals surface area contributed by atoms with Gasteiger partial charge in [-0.25, -0.2) is 4.79 Å². The zero-order valence-corrected chi connectivity index (χ0v) is 9.95. The molecule has 1 atom stereocenters. The number of aliphatic hydroxyl groups is 1. The predicted octanol–water partition coefficient (Wildman–Crippen LogP) is 2.44. The maximum atomic E-state index is 11.0. The van der Waals surface area contributed by atoms with Crippen LogP contribution in [0.3, 0.4) is 0 Å². The maximum absolute atomic E-state index is 11.0. The molecule has 0 aliphatic heterocycles. The Hall–Kier alpha value is -0.830. The monoisotopic (exact) mass is 214 g/mol. The molecule has 0 rings (SSSR count). The van der Waals surface area contributed by atoms with Crippen LogP contribution in [-0.2, 0) is 9.53 Å². The molecule has 0 unspecified atom stereocenters. The van der Waals surface area contributed by atoms with Gasteiger partial charge in [0, 0.05) is 6.08 Å². The maximum Gasteiger partial charge on any atom is 0.330 e. The van der Waals surface area contributed by atoms with Gasteiger partial charge in [0.15, 0.2) is 0 Å². The normalized spacial score (nSPS) is 15.2. The van der Waals surface area contributed by atoms with E-state index in [4.69, 9.17) is 4.74 Å². The molecule has 0 saturated carbocycles. The van der Waals surface area contributed by atoms with E-state index in [1.165, 1.54) is 6.08 Å². The van der Waals surface area contributed by atoms with Gasteiger partial charge in [-0.05, 0) is 26.7 Å². The van der Waals surface area contributed by atoms with Crippen LogP contribution >= 0.6 is 0 Å². The van der Waals surface area contributed by atoms with Gasteiger partial charge in [0.25, 0.3) is 0 Å². The number of hydrogen-bond donors (Lipinski definition) is 1. The number of carbonyl (C=O) groups excluding carboxylic acids is 1. The van der Waals surface area contributed by atoms with Crippen LogP contribution in [0.25, 0.3) is 0 Å². The molecule has 0 aromatic rings. The smallest absolute Gasteiger partial charge is 0.330 e. The topological polar surface area (TPSA) is 46.5 Å². The fourth-order valence-electron chi connectivity index (χ4n) is 1.26. The van der Waals surface area contributed by atoms with Crippen molar-refractivity contribution in [1.29, 1.82) is 0 Å². The molecule has 0 saturated heterocycles. The highest BCUT2D eigenvalue weighted by atomic mass is 16.5. The van der Waals surface area contributed by atoms with Crippen molar-refractivity contribution in [3.63, 3.8) is 0 Å². The van der Waals surface area contributed by atoms with Gasteiger partial charge < -0.3 is 9.84 Å². The van der Waals surface area contributed by atoms with Crippen molar-refractivity contribution < 1.29 is 14.6 Å². The van der Waals surface area contributed by atoms with Gasteiger partial charge in [-0.3, -0.25) is 0 Å². The van der Waals surface area contributed by atoms with Crippen LogP contribution in [0.5, 0.6) is 0 Å². The standard InChI is InChI=1S/C12H22O3/c1-4-6-9-12(3,14)10-7-8-11(13)15-5-2/h7-8,14H,4-6,9-10H2,1-3H3/b8-7-/t12-/m0/s1. The fourth-order valence-corrected chi connectivity index (χ4v) is 1.26. The van der Waals surface area contributed by atoms with E-state index in [2.05, 4.69) is 6.92 Å². The summed E-state index contributed by atoms with van der Waals surface area (Å²) in [6.07, 6.45) is 6.37. The minimum atomic E-state index is -0.709. The molecule has 0 heterocycles. The van der Waals surface area contributed by atoms with E-state index in [0.29, 0.717) is 13.0 Å². The first-order chi connectivity index (χ1) is 7.02. The zero-order valence-electron chi connectivity index (χ0n) is 9.95. The van der Waals surface area contributed by atoms with E-state index in [1.54, 1.807) is 19.9 Å². The molecule has 15 heavy (non-hydrogen) atoms. The van der Waals surface area contributed by atoms with Gasteiger partial charge in [-0.1, -0.05) is 25.8 Å². The Kier molecular flexibility index (Phi) is 7.05. The lowest BCUT2D eigenvalue weighted by molar-refractivity contribution is -0.137. The fraction of sp³-hybridized carbons (Fsp3) is 0.750. The molecule has 0 spiro atoms. The lowest BCUT2D eigenvalue weighted by Gasteiger charge is -2.20. The lowest BCUT2D eigenvalue weighted by Crippen LogP contribution is -2.22. The van der Waals surface area contributed by atoms with Crippen LogP contribution in [0.15, 0.2) is 12.2 Å². The second kappa shape index (κ2) is 7.46. The van der Waals surface area contributed by atoms with Gasteiger partial charge in [0.1, 0.15) is 0 Å². The molecular weight excluding hydrogens is 192 g/mol. The number of hydrogen-bond acceptors (Lipinski definition) is 3. The third kappa shape index (κ3) is 8.18. The summed E-state index contributed by atoms with van der Waals surface area (Å²) in [5, 5.41) is 9.88. The quantitative estimate of drug-likeness (QED) is 0.523. The van der Waals surface area contributed by atoms with E-state index in [-0.39, 0.29) is 5.97 Å². The summed E-state index contributed by atoms with van der Waals surface area (Å²) in [4.78, 5) is 11.0. The van der Waals surface area contributed by atoms with Crippen molar-refractivity contribution in [3.05, 3.63) is 12.2 Å². The lowest BCUT2D eigenvalue weighted by atomic mass is 9.95. The first-order valence-electron chi connectivity index (χ1n) is 5.57. The van der Waals surface area contributed by atoms with Crippen LogP contribution in [0.2, 0.25) is 0 Å². The van der Waals surface area contributed by atoms with E-state index >= 15 is 0 Å². The Morgan fingerprint density at radius 1 is 1.47 bits per heavy atom. The van der Waals surface area contributed by atoms with Gasteiger partial charge in [-0.15, -0.1) is 0 Å².